The zero-order valence-corrected chi connectivity index (χ0v) is 35.4. The van der Waals surface area contributed by atoms with E-state index in [1.165, 1.54) is 24.3 Å². The third-order valence-electron chi connectivity index (χ3n) is 12.9. The maximum Gasteiger partial charge on any atom is 0.270 e. The van der Waals surface area contributed by atoms with Crippen molar-refractivity contribution in [2.24, 2.45) is 0 Å². The number of fused-ring (bicyclic) bond motifs is 2. The Labute approximate surface area is 350 Å². The lowest BCUT2D eigenvalue weighted by Crippen LogP contribution is -2.53. The summed E-state index contributed by atoms with van der Waals surface area (Å²) in [4.78, 5) is 66.9. The average molecular weight is 828 g/mol. The van der Waals surface area contributed by atoms with Crippen LogP contribution >= 0.6 is 0 Å². The van der Waals surface area contributed by atoms with E-state index < -0.39 is 29.8 Å². The van der Waals surface area contributed by atoms with Gasteiger partial charge >= 0.3 is 0 Å². The second-order valence-electron chi connectivity index (χ2n) is 16.7. The smallest absolute Gasteiger partial charge is 0.270 e. The molecule has 2 aromatic carbocycles. The summed E-state index contributed by atoms with van der Waals surface area (Å²) >= 11 is 0. The number of benzene rings is 2. The van der Waals surface area contributed by atoms with Crippen molar-refractivity contribution in [3.8, 4) is 11.5 Å². The number of nitrogens with one attached hydrogen (secondary N) is 5. The second-order valence-corrected chi connectivity index (χ2v) is 16.7. The Kier molecular flexibility index (Phi) is 13.3. The lowest BCUT2D eigenvalue weighted by Gasteiger charge is -2.30. The fourth-order valence-corrected chi connectivity index (χ4v) is 9.18. The highest BCUT2D eigenvalue weighted by atomic mass is 19.1. The molecule has 3 aliphatic rings. The first-order chi connectivity index (χ1) is 28.9. The van der Waals surface area contributed by atoms with Crippen LogP contribution in [-0.2, 0) is 32.1 Å². The van der Waals surface area contributed by atoms with Crippen LogP contribution in [-0.4, -0.2) is 105 Å². The molecule has 3 fully saturated rings. The largest absolute Gasteiger partial charge is 0.352 e. The number of carbonyl (C=O) groups excluding carboxylic acids is 4. The highest BCUT2D eigenvalue weighted by Crippen LogP contribution is 2.37. The summed E-state index contributed by atoms with van der Waals surface area (Å²) in [6, 6.07) is 6.99. The van der Waals surface area contributed by atoms with E-state index in [0.717, 1.165) is 67.9 Å². The number of likely N-dealkylation sites (N-methyl/N-ethyl adjacent to an activating group) is 2. The molecule has 7 rings (SSSR count). The summed E-state index contributed by atoms with van der Waals surface area (Å²) in [6.45, 7) is 6.79. The molecule has 4 amide bonds. The maximum atomic E-state index is 14.9. The number of aromatic nitrogens is 3. The van der Waals surface area contributed by atoms with Crippen LogP contribution in [0.25, 0.3) is 33.5 Å². The molecule has 0 unspecified atom stereocenters. The Hall–Kier alpha value is -5.15. The lowest BCUT2D eigenvalue weighted by molar-refractivity contribution is -0.137. The number of likely N-dealkylation sites (tertiary alicyclic amines) is 2. The van der Waals surface area contributed by atoms with E-state index in [1.54, 1.807) is 40.1 Å². The number of H-pyrrole nitrogens is 1. The third kappa shape index (κ3) is 8.83. The molecule has 0 radical (unpaired) electrons. The van der Waals surface area contributed by atoms with Crippen LogP contribution in [0, 0.1) is 11.6 Å². The van der Waals surface area contributed by atoms with Crippen LogP contribution in [0.15, 0.2) is 47.7 Å². The second kappa shape index (κ2) is 18.6. The van der Waals surface area contributed by atoms with Crippen LogP contribution in [0.2, 0.25) is 0 Å². The lowest BCUT2D eigenvalue weighted by atomic mass is 9.92. The highest BCUT2D eigenvalue weighted by molar-refractivity contribution is 5.99. The molecule has 2 aliphatic heterocycles. The number of aromatic amines is 1. The molecule has 0 spiro atoms. The Morgan fingerprint density at radius 1 is 0.850 bits per heavy atom. The molecule has 13 nitrogen and oxygen atoms in total. The zero-order valence-electron chi connectivity index (χ0n) is 35.4. The minimum absolute atomic E-state index is 0.142. The van der Waals surface area contributed by atoms with Gasteiger partial charge in [-0.15, -0.1) is 0 Å². The van der Waals surface area contributed by atoms with Crippen molar-refractivity contribution in [1.29, 1.82) is 0 Å². The molecule has 322 valence electrons. The van der Waals surface area contributed by atoms with Gasteiger partial charge in [0.05, 0.1) is 34.9 Å². The molecule has 1 aliphatic carbocycles. The van der Waals surface area contributed by atoms with Crippen molar-refractivity contribution in [3.05, 3.63) is 64.9 Å². The predicted octanol–water partition coefficient (Wildman–Crippen LogP) is 5.43. The Balaban J connectivity index is 1.26. The molecule has 0 bridgehead atoms. The van der Waals surface area contributed by atoms with Crippen LogP contribution < -0.4 is 21.3 Å². The van der Waals surface area contributed by atoms with Crippen molar-refractivity contribution >= 4 is 45.6 Å². The van der Waals surface area contributed by atoms with Crippen molar-refractivity contribution in [3.63, 3.8) is 0 Å². The molecule has 4 heterocycles. The van der Waals surface area contributed by atoms with Gasteiger partial charge in [0.25, 0.3) is 5.91 Å². The van der Waals surface area contributed by atoms with Gasteiger partial charge in [-0.25, -0.2) is 13.8 Å². The highest BCUT2D eigenvalue weighted by Gasteiger charge is 2.37. The molecule has 15 heteroatoms. The monoisotopic (exact) mass is 827 g/mol. The molecule has 1 saturated carbocycles. The number of rotatable bonds is 14. The van der Waals surface area contributed by atoms with Crippen molar-refractivity contribution in [1.82, 2.24) is 45.6 Å². The van der Waals surface area contributed by atoms with E-state index in [-0.39, 0.29) is 35.7 Å². The van der Waals surface area contributed by atoms with Gasteiger partial charge in [-0.2, -0.15) is 0 Å². The van der Waals surface area contributed by atoms with E-state index in [1.807, 2.05) is 21.3 Å². The predicted molar refractivity (Wildman–Crippen MR) is 228 cm³/mol. The molecular weight excluding hydrogens is 769 g/mol. The summed E-state index contributed by atoms with van der Waals surface area (Å²) < 4.78 is 31.7. The molecular formula is C45H59F2N9O4. The maximum absolute atomic E-state index is 14.9. The van der Waals surface area contributed by atoms with Gasteiger partial charge in [-0.05, 0) is 134 Å². The van der Waals surface area contributed by atoms with Crippen molar-refractivity contribution < 1.29 is 28.0 Å². The van der Waals surface area contributed by atoms with E-state index in [2.05, 4.69) is 26.3 Å². The number of amides is 4. The summed E-state index contributed by atoms with van der Waals surface area (Å²) in [7, 11) is 3.41. The van der Waals surface area contributed by atoms with E-state index in [4.69, 9.17) is 4.98 Å². The SMILES string of the molecule is CC[C@H](NC(=O)[C@H](C)NC)C(=O)N1CCC[C@H]1Cc1c(-c2nc3cc(F)ccc3n2C[C@@H]2CCCN2C(=O)C(NC(=O)[C@H](C)NC)=C2CCCCC2)[nH]c2cc(F)ccc12. The van der Waals surface area contributed by atoms with Gasteiger partial charge in [0.15, 0.2) is 5.82 Å². The minimum atomic E-state index is -0.684. The van der Waals surface area contributed by atoms with Gasteiger partial charge in [0.2, 0.25) is 17.7 Å². The zero-order chi connectivity index (χ0) is 42.7. The van der Waals surface area contributed by atoms with Crippen molar-refractivity contribution in [2.75, 3.05) is 27.2 Å². The molecule has 60 heavy (non-hydrogen) atoms. The number of imidazole rings is 1. The summed E-state index contributed by atoms with van der Waals surface area (Å²) in [5.74, 6) is -1.18. The molecule has 2 saturated heterocycles. The van der Waals surface area contributed by atoms with Crippen LogP contribution in [0.5, 0.6) is 0 Å². The quantitative estimate of drug-likeness (QED) is 0.106. The topological polar surface area (TPSA) is 156 Å². The summed E-state index contributed by atoms with van der Waals surface area (Å²) in [5.41, 5.74) is 4.51. The number of allylic oxidation sites excluding steroid dienone is 1. The summed E-state index contributed by atoms with van der Waals surface area (Å²) in [5, 5.41) is 12.6. The fourth-order valence-electron chi connectivity index (χ4n) is 9.18. The molecule has 4 aromatic rings. The number of halogens is 2. The standard InChI is InChI=1S/C45H59F2N9O4/c1-6-35(52-42(57)26(2)48-4)44(59)54-20-10-14-31(54)24-34-33-18-16-29(46)22-36(33)50-40(34)41-51-37-23-30(47)17-19-38(37)56(41)25-32-15-11-21-55(32)45(60)39(28-12-8-7-9-13-28)53-43(58)27(3)49-5/h16-19,22-23,26-27,31-32,35,48-50H,6-15,20-21,24-25H2,1-5H3,(H,52,57)(H,53,58)/t26-,27-,31-,32-,35-/m0/s1. The molecule has 5 atom stereocenters. The number of carbonyl (C=O) groups is 4. The molecule has 2 aromatic heterocycles. The first-order valence-corrected chi connectivity index (χ1v) is 21.7. The summed E-state index contributed by atoms with van der Waals surface area (Å²) in [6.07, 6.45) is 8.38. The van der Waals surface area contributed by atoms with Gasteiger partial charge < -0.3 is 40.6 Å². The van der Waals surface area contributed by atoms with Crippen LogP contribution in [0.3, 0.4) is 0 Å². The van der Waals surface area contributed by atoms with Crippen molar-refractivity contribution in [2.45, 2.75) is 128 Å². The van der Waals surface area contributed by atoms with Crippen LogP contribution in [0.4, 0.5) is 8.78 Å². The Morgan fingerprint density at radius 2 is 1.52 bits per heavy atom. The van der Waals surface area contributed by atoms with Gasteiger partial charge in [-0.3, -0.25) is 19.2 Å². The van der Waals surface area contributed by atoms with Gasteiger partial charge in [-0.1, -0.05) is 13.3 Å². The Bertz CT molecular complexity index is 2280. The third-order valence-corrected chi connectivity index (χ3v) is 12.9. The Morgan fingerprint density at radius 3 is 2.23 bits per heavy atom. The van der Waals surface area contributed by atoms with Crippen LogP contribution in [0.1, 0.15) is 90.5 Å². The minimum Gasteiger partial charge on any atom is -0.352 e. The normalized spacial score (nSPS) is 19.8. The average Bonchev–Trinajstić information content (AvgIpc) is 4.07. The molecule has 5 N–H and O–H groups in total. The van der Waals surface area contributed by atoms with Gasteiger partial charge in [0.1, 0.15) is 23.4 Å². The van der Waals surface area contributed by atoms with Gasteiger partial charge in [0, 0.05) is 42.6 Å². The van der Waals surface area contributed by atoms with E-state index >= 15 is 0 Å². The fraction of sp³-hybridized carbons (Fsp3) is 0.533. The first-order valence-electron chi connectivity index (χ1n) is 21.7. The number of hydrogen-bond acceptors (Lipinski definition) is 7. The number of nitrogens with zero attached hydrogens (tertiary/aromatic N) is 4. The van der Waals surface area contributed by atoms with E-state index in [9.17, 15) is 28.0 Å². The number of hydrogen-bond donors (Lipinski definition) is 5. The van der Waals surface area contributed by atoms with E-state index in [0.29, 0.717) is 72.7 Å². The first kappa shape index (κ1) is 43.0.